The summed E-state index contributed by atoms with van der Waals surface area (Å²) in [4.78, 5) is 10.5. The highest BCUT2D eigenvalue weighted by molar-refractivity contribution is 7.89. The molecule has 0 atom stereocenters. The van der Waals surface area contributed by atoms with Crippen LogP contribution in [0.4, 0.5) is 0 Å². The second kappa shape index (κ2) is 3.40. The SMILES string of the molecule is CCS(=O)(=O)NC(C)(C)C(=O)O. The van der Waals surface area contributed by atoms with Gasteiger partial charge in [0, 0.05) is 0 Å². The fourth-order valence-corrected chi connectivity index (χ4v) is 1.51. The van der Waals surface area contributed by atoms with Gasteiger partial charge in [-0.05, 0) is 20.8 Å². The molecule has 6 heteroatoms. The minimum atomic E-state index is -3.45. The van der Waals surface area contributed by atoms with Gasteiger partial charge in [-0.1, -0.05) is 0 Å². The second-order valence-electron chi connectivity index (χ2n) is 2.94. The van der Waals surface area contributed by atoms with Crippen molar-refractivity contribution in [3.05, 3.63) is 0 Å². The predicted molar refractivity (Wildman–Crippen MR) is 44.3 cm³/mol. The van der Waals surface area contributed by atoms with Crippen LogP contribution in [0.1, 0.15) is 20.8 Å². The summed E-state index contributed by atoms with van der Waals surface area (Å²) in [6.07, 6.45) is 0. The zero-order valence-corrected chi connectivity index (χ0v) is 8.10. The average Bonchev–Trinajstić information content (AvgIpc) is 1.85. The Hall–Kier alpha value is -0.620. The molecule has 0 aliphatic carbocycles. The molecule has 0 aromatic rings. The highest BCUT2D eigenvalue weighted by Gasteiger charge is 2.31. The maximum atomic E-state index is 10.9. The summed E-state index contributed by atoms with van der Waals surface area (Å²) in [6, 6.07) is 0. The Kier molecular flexibility index (Phi) is 3.23. The number of nitrogens with one attached hydrogen (secondary N) is 1. The molecular weight excluding hydrogens is 182 g/mol. The Balaban J connectivity index is 4.57. The van der Waals surface area contributed by atoms with Crippen molar-refractivity contribution in [2.45, 2.75) is 26.3 Å². The van der Waals surface area contributed by atoms with Crippen LogP contribution in [-0.4, -0.2) is 30.8 Å². The lowest BCUT2D eigenvalue weighted by Crippen LogP contribution is -2.49. The molecule has 0 aromatic carbocycles. The van der Waals surface area contributed by atoms with Crippen LogP contribution in [0.25, 0.3) is 0 Å². The first-order valence-electron chi connectivity index (χ1n) is 3.46. The molecule has 12 heavy (non-hydrogen) atoms. The fourth-order valence-electron chi connectivity index (χ4n) is 0.505. The number of sulfonamides is 1. The summed E-state index contributed by atoms with van der Waals surface area (Å²) in [6.45, 7) is 4.03. The van der Waals surface area contributed by atoms with Crippen LogP contribution < -0.4 is 4.72 Å². The number of carboxylic acids is 1. The highest BCUT2D eigenvalue weighted by Crippen LogP contribution is 2.04. The largest absolute Gasteiger partial charge is 0.480 e. The summed E-state index contributed by atoms with van der Waals surface area (Å²) in [7, 11) is -3.45. The molecule has 0 heterocycles. The summed E-state index contributed by atoms with van der Waals surface area (Å²) in [5.41, 5.74) is -1.44. The van der Waals surface area contributed by atoms with E-state index in [4.69, 9.17) is 5.11 Å². The number of hydrogen-bond acceptors (Lipinski definition) is 3. The summed E-state index contributed by atoms with van der Waals surface area (Å²) < 4.78 is 23.9. The summed E-state index contributed by atoms with van der Waals surface area (Å²) >= 11 is 0. The predicted octanol–water partition coefficient (Wildman–Crippen LogP) is -0.211. The van der Waals surface area contributed by atoms with Crippen molar-refractivity contribution in [2.75, 3.05) is 5.75 Å². The van der Waals surface area contributed by atoms with E-state index in [2.05, 4.69) is 4.72 Å². The van der Waals surface area contributed by atoms with Crippen LogP contribution in [0.5, 0.6) is 0 Å². The number of rotatable bonds is 4. The lowest BCUT2D eigenvalue weighted by Gasteiger charge is -2.19. The molecule has 0 bridgehead atoms. The molecule has 0 saturated carbocycles. The smallest absolute Gasteiger partial charge is 0.324 e. The molecule has 0 amide bonds. The van der Waals surface area contributed by atoms with Gasteiger partial charge in [0.05, 0.1) is 5.75 Å². The Morgan fingerprint density at radius 3 is 2.17 bits per heavy atom. The fraction of sp³-hybridized carbons (Fsp3) is 0.833. The van der Waals surface area contributed by atoms with Gasteiger partial charge in [-0.3, -0.25) is 4.79 Å². The van der Waals surface area contributed by atoms with Crippen molar-refractivity contribution in [3.8, 4) is 0 Å². The molecule has 0 aromatic heterocycles. The Labute approximate surface area is 71.8 Å². The Morgan fingerprint density at radius 1 is 1.50 bits per heavy atom. The van der Waals surface area contributed by atoms with Gasteiger partial charge in [0.25, 0.3) is 0 Å². The first-order valence-corrected chi connectivity index (χ1v) is 5.11. The zero-order valence-electron chi connectivity index (χ0n) is 7.29. The lowest BCUT2D eigenvalue weighted by atomic mass is 10.1. The Morgan fingerprint density at radius 2 is 1.92 bits per heavy atom. The van der Waals surface area contributed by atoms with Crippen molar-refractivity contribution in [1.29, 1.82) is 0 Å². The van der Waals surface area contributed by atoms with Crippen molar-refractivity contribution in [3.63, 3.8) is 0 Å². The zero-order chi connectivity index (χ0) is 9.99. The van der Waals surface area contributed by atoms with E-state index in [1.807, 2.05) is 0 Å². The van der Waals surface area contributed by atoms with Gasteiger partial charge in [-0.15, -0.1) is 0 Å². The van der Waals surface area contributed by atoms with E-state index in [0.717, 1.165) is 0 Å². The van der Waals surface area contributed by atoms with Gasteiger partial charge in [0.2, 0.25) is 10.0 Å². The van der Waals surface area contributed by atoms with Crippen molar-refractivity contribution in [1.82, 2.24) is 4.72 Å². The molecular formula is C6H13NO4S. The minimum absolute atomic E-state index is 0.121. The van der Waals surface area contributed by atoms with Crippen LogP contribution in [0.2, 0.25) is 0 Å². The molecule has 0 aliphatic rings. The molecule has 72 valence electrons. The number of aliphatic carboxylic acids is 1. The first-order chi connectivity index (χ1) is 5.21. The standard InChI is InChI=1S/C6H13NO4S/c1-4-12(10,11)7-6(2,3)5(8)9/h7H,4H2,1-3H3,(H,8,9). The van der Waals surface area contributed by atoms with Crippen molar-refractivity contribution in [2.24, 2.45) is 0 Å². The van der Waals surface area contributed by atoms with Gasteiger partial charge in [-0.25, -0.2) is 8.42 Å². The van der Waals surface area contributed by atoms with E-state index in [9.17, 15) is 13.2 Å². The van der Waals surface area contributed by atoms with E-state index in [1.54, 1.807) is 0 Å². The monoisotopic (exact) mass is 195 g/mol. The molecule has 2 N–H and O–H groups in total. The molecule has 5 nitrogen and oxygen atoms in total. The van der Waals surface area contributed by atoms with Crippen LogP contribution in [0, 0.1) is 0 Å². The van der Waals surface area contributed by atoms with Gasteiger partial charge in [-0.2, -0.15) is 4.72 Å². The van der Waals surface area contributed by atoms with Gasteiger partial charge in [0.15, 0.2) is 0 Å². The van der Waals surface area contributed by atoms with E-state index < -0.39 is 21.5 Å². The lowest BCUT2D eigenvalue weighted by molar-refractivity contribution is -0.142. The molecule has 0 unspecified atom stereocenters. The van der Waals surface area contributed by atoms with E-state index >= 15 is 0 Å². The van der Waals surface area contributed by atoms with E-state index in [0.29, 0.717) is 0 Å². The van der Waals surface area contributed by atoms with Crippen LogP contribution in [0.3, 0.4) is 0 Å². The quantitative estimate of drug-likeness (QED) is 0.650. The maximum absolute atomic E-state index is 10.9. The molecule has 0 radical (unpaired) electrons. The normalized spacial score (nSPS) is 12.9. The first kappa shape index (κ1) is 11.4. The van der Waals surface area contributed by atoms with Crippen LogP contribution in [-0.2, 0) is 14.8 Å². The van der Waals surface area contributed by atoms with Crippen molar-refractivity contribution >= 4 is 16.0 Å². The molecule has 0 aliphatic heterocycles. The van der Waals surface area contributed by atoms with Gasteiger partial charge < -0.3 is 5.11 Å². The summed E-state index contributed by atoms with van der Waals surface area (Å²) in [5.74, 6) is -1.32. The van der Waals surface area contributed by atoms with E-state index in [1.165, 1.54) is 20.8 Å². The third-order valence-corrected chi connectivity index (χ3v) is 2.91. The molecule has 0 rings (SSSR count). The third kappa shape index (κ3) is 3.19. The maximum Gasteiger partial charge on any atom is 0.324 e. The second-order valence-corrected chi connectivity index (χ2v) is 4.95. The molecule has 0 spiro atoms. The average molecular weight is 195 g/mol. The topological polar surface area (TPSA) is 83.5 Å². The minimum Gasteiger partial charge on any atom is -0.480 e. The van der Waals surface area contributed by atoms with Gasteiger partial charge >= 0.3 is 5.97 Å². The number of hydrogen-bond donors (Lipinski definition) is 2. The molecule has 0 saturated heterocycles. The van der Waals surface area contributed by atoms with Crippen LogP contribution in [0.15, 0.2) is 0 Å². The van der Waals surface area contributed by atoms with Gasteiger partial charge in [0.1, 0.15) is 5.54 Å². The third-order valence-electron chi connectivity index (χ3n) is 1.33. The summed E-state index contributed by atoms with van der Waals surface area (Å²) in [5, 5.41) is 8.57. The number of carbonyl (C=O) groups is 1. The highest BCUT2D eigenvalue weighted by atomic mass is 32.2. The Bertz CT molecular complexity index is 267. The van der Waals surface area contributed by atoms with Crippen LogP contribution >= 0.6 is 0 Å². The van der Waals surface area contributed by atoms with E-state index in [-0.39, 0.29) is 5.75 Å². The van der Waals surface area contributed by atoms with Crippen molar-refractivity contribution < 1.29 is 18.3 Å². The number of carboxylic acid groups (broad SMARTS) is 1. The molecule has 0 fully saturated rings.